The van der Waals surface area contributed by atoms with Gasteiger partial charge in [-0.3, -0.25) is 13.9 Å². The van der Waals surface area contributed by atoms with E-state index in [1.54, 1.807) is 0 Å². The van der Waals surface area contributed by atoms with Gasteiger partial charge in [0.2, 0.25) is 0 Å². The van der Waals surface area contributed by atoms with E-state index in [0.29, 0.717) is 0 Å². The van der Waals surface area contributed by atoms with E-state index in [4.69, 9.17) is 14.7 Å². The molecule has 134 valence electrons. The third kappa shape index (κ3) is 5.98. The Hall–Kier alpha value is -2.21. The lowest BCUT2D eigenvalue weighted by molar-refractivity contribution is -0.146. The van der Waals surface area contributed by atoms with Gasteiger partial charge in [-0.05, 0) is 29.2 Å². The molecule has 0 saturated carbocycles. The molecular weight excluding hydrogens is 347 g/mol. The quantitative estimate of drug-likeness (QED) is 0.583. The van der Waals surface area contributed by atoms with Crippen LogP contribution in [0.2, 0.25) is 0 Å². The molecule has 25 heavy (non-hydrogen) atoms. The van der Waals surface area contributed by atoms with Crippen molar-refractivity contribution in [3.05, 3.63) is 48.0 Å². The van der Waals surface area contributed by atoms with E-state index >= 15 is 0 Å². The van der Waals surface area contributed by atoms with Gasteiger partial charge in [0.05, 0.1) is 6.16 Å². The van der Waals surface area contributed by atoms with Crippen LogP contribution in [0.1, 0.15) is 18.4 Å². The fraction of sp³-hybridized carbons (Fsp3) is 0.294. The number of hydrogen-bond acceptors (Lipinski definition) is 4. The molecule has 2 unspecified atom stereocenters. The van der Waals surface area contributed by atoms with Crippen molar-refractivity contribution in [1.82, 2.24) is 0 Å². The van der Waals surface area contributed by atoms with Gasteiger partial charge in [0.1, 0.15) is 0 Å². The number of rotatable bonds is 9. The van der Waals surface area contributed by atoms with Gasteiger partial charge in [0, 0.05) is 6.42 Å². The molecule has 0 amide bonds. The number of aryl methyl sites for hydroxylation is 1. The number of hydrogen-bond donors (Lipinski definition) is 3. The lowest BCUT2D eigenvalue weighted by Crippen LogP contribution is -2.24. The lowest BCUT2D eigenvalue weighted by Gasteiger charge is -2.17. The molecule has 2 atom stereocenters. The van der Waals surface area contributed by atoms with E-state index in [-0.39, 0.29) is 19.0 Å². The number of carboxylic acid groups (broad SMARTS) is 2. The van der Waals surface area contributed by atoms with Crippen LogP contribution in [-0.2, 0) is 25.1 Å². The smallest absolute Gasteiger partial charge is 0.333 e. The van der Waals surface area contributed by atoms with E-state index in [9.17, 15) is 19.0 Å². The zero-order valence-corrected chi connectivity index (χ0v) is 14.3. The van der Waals surface area contributed by atoms with E-state index in [2.05, 4.69) is 0 Å². The highest BCUT2D eigenvalue weighted by molar-refractivity contribution is 7.52. The minimum Gasteiger partial charge on any atom is -0.481 e. The molecule has 0 fully saturated rings. The van der Waals surface area contributed by atoms with Crippen molar-refractivity contribution >= 4 is 30.3 Å². The third-order valence-corrected chi connectivity index (χ3v) is 5.06. The molecule has 0 aromatic heterocycles. The second kappa shape index (κ2) is 8.25. The van der Waals surface area contributed by atoms with Crippen LogP contribution < -0.4 is 0 Å². The first kappa shape index (κ1) is 19.1. The summed E-state index contributed by atoms with van der Waals surface area (Å²) in [6.45, 7) is 0. The van der Waals surface area contributed by atoms with Crippen molar-refractivity contribution in [2.75, 3.05) is 6.16 Å². The maximum atomic E-state index is 12.1. The van der Waals surface area contributed by atoms with Crippen LogP contribution in [0.15, 0.2) is 42.5 Å². The summed E-state index contributed by atoms with van der Waals surface area (Å²) in [5.74, 6) is -2.65. The monoisotopic (exact) mass is 366 g/mol. The molecule has 3 N–H and O–H groups in total. The van der Waals surface area contributed by atoms with Gasteiger partial charge in [-0.25, -0.2) is 4.79 Å². The molecular formula is C17H19O7P. The van der Waals surface area contributed by atoms with Gasteiger partial charge in [0.25, 0.3) is 0 Å². The highest BCUT2D eigenvalue weighted by atomic mass is 31.2. The van der Waals surface area contributed by atoms with E-state index in [1.807, 2.05) is 42.5 Å². The molecule has 0 aliphatic carbocycles. The summed E-state index contributed by atoms with van der Waals surface area (Å²) in [5.41, 5.74) is 0.828. The molecule has 0 aliphatic heterocycles. The van der Waals surface area contributed by atoms with Crippen molar-refractivity contribution in [2.45, 2.75) is 25.4 Å². The number of fused-ring (bicyclic) bond motifs is 1. The van der Waals surface area contributed by atoms with Crippen LogP contribution in [0.5, 0.6) is 0 Å². The van der Waals surface area contributed by atoms with Crippen LogP contribution in [0, 0.1) is 0 Å². The van der Waals surface area contributed by atoms with Crippen molar-refractivity contribution < 1.29 is 33.8 Å². The molecule has 2 aromatic carbocycles. The minimum absolute atomic E-state index is 0.240. The number of benzene rings is 2. The fourth-order valence-electron chi connectivity index (χ4n) is 2.39. The zero-order chi connectivity index (χ0) is 18.4. The van der Waals surface area contributed by atoms with Crippen LogP contribution in [0.25, 0.3) is 10.8 Å². The van der Waals surface area contributed by atoms with Crippen molar-refractivity contribution in [2.24, 2.45) is 0 Å². The normalized spacial score (nSPS) is 14.8. The van der Waals surface area contributed by atoms with Gasteiger partial charge in [-0.1, -0.05) is 42.5 Å². The summed E-state index contributed by atoms with van der Waals surface area (Å²) in [6, 6.07) is 13.3. The Morgan fingerprint density at radius 1 is 1.08 bits per heavy atom. The maximum absolute atomic E-state index is 12.1. The predicted octanol–water partition coefficient (Wildman–Crippen LogP) is 2.90. The van der Waals surface area contributed by atoms with Crippen LogP contribution in [-0.4, -0.2) is 39.3 Å². The molecule has 0 spiro atoms. The predicted molar refractivity (Wildman–Crippen MR) is 91.7 cm³/mol. The first-order valence-corrected chi connectivity index (χ1v) is 9.45. The van der Waals surface area contributed by atoms with Gasteiger partial charge in [-0.2, -0.15) is 0 Å². The minimum atomic E-state index is -4.16. The van der Waals surface area contributed by atoms with E-state index in [0.717, 1.165) is 16.3 Å². The Morgan fingerprint density at radius 3 is 2.40 bits per heavy atom. The van der Waals surface area contributed by atoms with Crippen LogP contribution in [0.3, 0.4) is 0 Å². The first-order valence-electron chi connectivity index (χ1n) is 7.69. The van der Waals surface area contributed by atoms with Crippen LogP contribution >= 0.6 is 7.60 Å². The SMILES string of the molecule is O=C(O)CCC(OP(=O)(O)CCc1ccc2ccccc2c1)C(=O)O. The molecule has 8 heteroatoms. The Morgan fingerprint density at radius 2 is 1.76 bits per heavy atom. The van der Waals surface area contributed by atoms with Gasteiger partial charge >= 0.3 is 19.5 Å². The topological polar surface area (TPSA) is 121 Å². The summed E-state index contributed by atoms with van der Waals surface area (Å²) in [4.78, 5) is 31.5. The molecule has 2 aromatic rings. The summed E-state index contributed by atoms with van der Waals surface area (Å²) in [7, 11) is -4.16. The number of aliphatic carboxylic acids is 2. The fourth-order valence-corrected chi connectivity index (χ4v) is 3.63. The van der Waals surface area contributed by atoms with E-state index in [1.165, 1.54) is 0 Å². The molecule has 0 heterocycles. The second-order valence-corrected chi connectivity index (χ2v) is 7.59. The average Bonchev–Trinajstić information content (AvgIpc) is 2.56. The summed E-state index contributed by atoms with van der Waals surface area (Å²) >= 11 is 0. The maximum Gasteiger partial charge on any atom is 0.333 e. The molecule has 0 saturated heterocycles. The Labute approximate surface area is 144 Å². The molecule has 0 bridgehead atoms. The average molecular weight is 366 g/mol. The second-order valence-electron chi connectivity index (χ2n) is 5.66. The van der Waals surface area contributed by atoms with Crippen molar-refractivity contribution in [3.63, 3.8) is 0 Å². The molecule has 0 radical (unpaired) electrons. The Kier molecular flexibility index (Phi) is 6.31. The molecule has 7 nitrogen and oxygen atoms in total. The number of carboxylic acids is 2. The summed E-state index contributed by atoms with van der Waals surface area (Å²) in [6.07, 6.45) is -2.46. The summed E-state index contributed by atoms with van der Waals surface area (Å²) in [5, 5.41) is 19.7. The van der Waals surface area contributed by atoms with Crippen LogP contribution in [0.4, 0.5) is 0 Å². The Balaban J connectivity index is 1.99. The lowest BCUT2D eigenvalue weighted by atomic mass is 10.1. The highest BCUT2D eigenvalue weighted by Gasteiger charge is 2.29. The standard InChI is InChI=1S/C17H19O7P/c18-16(19)8-7-15(17(20)21)24-25(22,23)10-9-12-5-6-13-3-1-2-4-14(13)11-12/h1-6,11,15H,7-10H2,(H,18,19)(H,20,21)(H,22,23). The third-order valence-electron chi connectivity index (χ3n) is 3.68. The largest absolute Gasteiger partial charge is 0.481 e. The van der Waals surface area contributed by atoms with E-state index < -0.39 is 32.1 Å². The molecule has 0 aliphatic rings. The van der Waals surface area contributed by atoms with Crippen molar-refractivity contribution in [3.8, 4) is 0 Å². The van der Waals surface area contributed by atoms with Crippen molar-refractivity contribution in [1.29, 1.82) is 0 Å². The van der Waals surface area contributed by atoms with Gasteiger partial charge < -0.3 is 15.1 Å². The number of carbonyl (C=O) groups is 2. The Bertz CT molecular complexity index is 818. The molecule has 2 rings (SSSR count). The van der Waals surface area contributed by atoms with Gasteiger partial charge in [-0.15, -0.1) is 0 Å². The highest BCUT2D eigenvalue weighted by Crippen LogP contribution is 2.44. The zero-order valence-electron chi connectivity index (χ0n) is 13.4. The first-order chi connectivity index (χ1) is 11.8. The van der Waals surface area contributed by atoms with Gasteiger partial charge in [0.15, 0.2) is 6.10 Å². The summed E-state index contributed by atoms with van der Waals surface area (Å²) < 4.78 is 16.9.